The van der Waals surface area contributed by atoms with Crippen molar-refractivity contribution in [3.8, 4) is 0 Å². The van der Waals surface area contributed by atoms with Crippen LogP contribution in [0.5, 0.6) is 0 Å². The molecule has 1 amide bonds. The van der Waals surface area contributed by atoms with E-state index in [4.69, 9.17) is 11.6 Å². The summed E-state index contributed by atoms with van der Waals surface area (Å²) < 4.78 is 13.0. The van der Waals surface area contributed by atoms with Crippen LogP contribution in [0.15, 0.2) is 36.4 Å². The van der Waals surface area contributed by atoms with Gasteiger partial charge in [-0.25, -0.2) is 4.39 Å². The smallest absolute Gasteiger partial charge is 0.246 e. The molecular formula is C17H18ClFN2O. The highest BCUT2D eigenvalue weighted by atomic mass is 35.5. The molecule has 0 fully saturated rings. The number of carbonyl (C=O) groups excluding carboxylic acids is 1. The van der Waals surface area contributed by atoms with Gasteiger partial charge < -0.3 is 10.6 Å². The molecule has 0 bridgehead atoms. The van der Waals surface area contributed by atoms with Crippen LogP contribution < -0.4 is 10.6 Å². The molecule has 1 unspecified atom stereocenters. The first kappa shape index (κ1) is 16.3. The number of benzene rings is 2. The van der Waals surface area contributed by atoms with Crippen LogP contribution in [0.4, 0.5) is 15.8 Å². The Bertz CT molecular complexity index is 683. The van der Waals surface area contributed by atoms with Gasteiger partial charge in [0.05, 0.1) is 10.7 Å². The first-order valence-corrected chi connectivity index (χ1v) is 7.33. The molecule has 1 atom stereocenters. The molecule has 0 aliphatic heterocycles. The molecular weight excluding hydrogens is 303 g/mol. The molecule has 22 heavy (non-hydrogen) atoms. The number of rotatable bonds is 4. The van der Waals surface area contributed by atoms with E-state index in [1.54, 1.807) is 6.92 Å². The van der Waals surface area contributed by atoms with Gasteiger partial charge in [-0.3, -0.25) is 4.79 Å². The number of anilines is 2. The maximum atomic E-state index is 13.0. The Morgan fingerprint density at radius 1 is 1.14 bits per heavy atom. The standard InChI is InChI=1S/C17H18ClFN2O/c1-10-6-11(2)8-14(7-10)20-12(3)17(22)21-16-5-4-13(19)9-15(16)18/h4-9,12,20H,1-3H3,(H,21,22). The lowest BCUT2D eigenvalue weighted by molar-refractivity contribution is -0.116. The summed E-state index contributed by atoms with van der Waals surface area (Å²) in [6.07, 6.45) is 0. The zero-order valence-corrected chi connectivity index (χ0v) is 13.5. The summed E-state index contributed by atoms with van der Waals surface area (Å²) in [6.45, 7) is 5.76. The van der Waals surface area contributed by atoms with E-state index in [-0.39, 0.29) is 10.9 Å². The number of carbonyl (C=O) groups is 1. The molecule has 0 aliphatic carbocycles. The minimum atomic E-state index is -0.456. The summed E-state index contributed by atoms with van der Waals surface area (Å²) in [5.41, 5.74) is 3.51. The summed E-state index contributed by atoms with van der Waals surface area (Å²) in [6, 6.07) is 9.42. The minimum Gasteiger partial charge on any atom is -0.374 e. The SMILES string of the molecule is Cc1cc(C)cc(NC(C)C(=O)Nc2ccc(F)cc2Cl)c1. The lowest BCUT2D eigenvalue weighted by atomic mass is 10.1. The Morgan fingerprint density at radius 2 is 1.77 bits per heavy atom. The average Bonchev–Trinajstić information content (AvgIpc) is 2.40. The second-order valence-electron chi connectivity index (χ2n) is 5.36. The topological polar surface area (TPSA) is 41.1 Å². The van der Waals surface area contributed by atoms with E-state index in [1.807, 2.05) is 26.0 Å². The van der Waals surface area contributed by atoms with E-state index in [0.29, 0.717) is 5.69 Å². The van der Waals surface area contributed by atoms with Crippen molar-refractivity contribution >= 4 is 28.9 Å². The van der Waals surface area contributed by atoms with Gasteiger partial charge in [0.2, 0.25) is 5.91 Å². The molecule has 0 radical (unpaired) electrons. The van der Waals surface area contributed by atoms with Crippen molar-refractivity contribution in [1.82, 2.24) is 0 Å². The second-order valence-corrected chi connectivity index (χ2v) is 5.76. The van der Waals surface area contributed by atoms with Gasteiger partial charge in [-0.1, -0.05) is 17.7 Å². The van der Waals surface area contributed by atoms with Crippen molar-refractivity contribution in [3.05, 3.63) is 58.4 Å². The summed E-state index contributed by atoms with van der Waals surface area (Å²) in [4.78, 5) is 12.2. The monoisotopic (exact) mass is 320 g/mol. The highest BCUT2D eigenvalue weighted by molar-refractivity contribution is 6.33. The molecule has 0 saturated carbocycles. The number of hydrogen-bond donors (Lipinski definition) is 2. The van der Waals surface area contributed by atoms with Crippen molar-refractivity contribution in [2.24, 2.45) is 0 Å². The van der Waals surface area contributed by atoms with Gasteiger partial charge in [0, 0.05) is 5.69 Å². The van der Waals surface area contributed by atoms with Crippen molar-refractivity contribution in [1.29, 1.82) is 0 Å². The molecule has 2 aromatic carbocycles. The van der Waals surface area contributed by atoms with E-state index in [0.717, 1.165) is 16.8 Å². The van der Waals surface area contributed by atoms with E-state index < -0.39 is 11.9 Å². The number of aryl methyl sites for hydroxylation is 2. The molecule has 3 nitrogen and oxygen atoms in total. The van der Waals surface area contributed by atoms with Crippen LogP contribution in [0.2, 0.25) is 5.02 Å². The summed E-state index contributed by atoms with van der Waals surface area (Å²) in [5.74, 6) is -0.683. The zero-order chi connectivity index (χ0) is 16.3. The number of halogens is 2. The van der Waals surface area contributed by atoms with Gasteiger partial charge in [-0.2, -0.15) is 0 Å². The van der Waals surface area contributed by atoms with Crippen LogP contribution >= 0.6 is 11.6 Å². The summed E-state index contributed by atoms with van der Waals surface area (Å²) >= 11 is 5.90. The van der Waals surface area contributed by atoms with E-state index >= 15 is 0 Å². The zero-order valence-electron chi connectivity index (χ0n) is 12.7. The third kappa shape index (κ3) is 4.21. The van der Waals surface area contributed by atoms with Crippen LogP contribution in [0.3, 0.4) is 0 Å². The highest BCUT2D eigenvalue weighted by Crippen LogP contribution is 2.23. The lowest BCUT2D eigenvalue weighted by Gasteiger charge is -2.16. The fourth-order valence-electron chi connectivity index (χ4n) is 2.21. The fourth-order valence-corrected chi connectivity index (χ4v) is 2.42. The normalized spacial score (nSPS) is 11.9. The molecule has 5 heteroatoms. The predicted octanol–water partition coefficient (Wildman–Crippen LogP) is 4.54. The molecule has 2 N–H and O–H groups in total. The fraction of sp³-hybridized carbons (Fsp3) is 0.235. The van der Waals surface area contributed by atoms with Gasteiger partial charge in [0.15, 0.2) is 0 Å². The van der Waals surface area contributed by atoms with Crippen LogP contribution in [0.25, 0.3) is 0 Å². The lowest BCUT2D eigenvalue weighted by Crippen LogP contribution is -2.32. The Kier molecular flexibility index (Phi) is 5.03. The molecule has 0 aromatic heterocycles. The average molecular weight is 321 g/mol. The molecule has 116 valence electrons. The third-order valence-corrected chi connectivity index (χ3v) is 3.50. The maximum Gasteiger partial charge on any atom is 0.246 e. The summed E-state index contributed by atoms with van der Waals surface area (Å²) in [7, 11) is 0. The molecule has 0 saturated heterocycles. The number of nitrogens with one attached hydrogen (secondary N) is 2. The Labute approximate surface area is 134 Å². The molecule has 0 spiro atoms. The van der Waals surface area contributed by atoms with Crippen molar-refractivity contribution in [3.63, 3.8) is 0 Å². The first-order valence-electron chi connectivity index (χ1n) is 6.96. The Morgan fingerprint density at radius 3 is 2.36 bits per heavy atom. The van der Waals surface area contributed by atoms with Crippen LogP contribution in [0, 0.1) is 19.7 Å². The van der Waals surface area contributed by atoms with E-state index in [2.05, 4.69) is 16.7 Å². The van der Waals surface area contributed by atoms with Crippen LogP contribution in [-0.4, -0.2) is 11.9 Å². The molecule has 2 rings (SSSR count). The maximum absolute atomic E-state index is 13.0. The first-order chi connectivity index (χ1) is 10.3. The van der Waals surface area contributed by atoms with Crippen LogP contribution in [0.1, 0.15) is 18.1 Å². The Balaban J connectivity index is 2.05. The quantitative estimate of drug-likeness (QED) is 0.868. The molecule has 0 aliphatic rings. The van der Waals surface area contributed by atoms with Gasteiger partial charge in [0.1, 0.15) is 11.9 Å². The van der Waals surface area contributed by atoms with Gasteiger partial charge in [-0.15, -0.1) is 0 Å². The van der Waals surface area contributed by atoms with E-state index in [9.17, 15) is 9.18 Å². The van der Waals surface area contributed by atoms with Gasteiger partial charge in [-0.05, 0) is 62.2 Å². The van der Waals surface area contributed by atoms with E-state index in [1.165, 1.54) is 18.2 Å². The predicted molar refractivity (Wildman–Crippen MR) is 89.0 cm³/mol. The number of amides is 1. The van der Waals surface area contributed by atoms with Crippen molar-refractivity contribution < 1.29 is 9.18 Å². The third-order valence-electron chi connectivity index (χ3n) is 3.19. The largest absolute Gasteiger partial charge is 0.374 e. The highest BCUT2D eigenvalue weighted by Gasteiger charge is 2.14. The molecule has 0 heterocycles. The minimum absolute atomic E-state index is 0.173. The van der Waals surface area contributed by atoms with Gasteiger partial charge >= 0.3 is 0 Å². The second kappa shape index (κ2) is 6.79. The molecule has 2 aromatic rings. The number of hydrogen-bond acceptors (Lipinski definition) is 2. The van der Waals surface area contributed by atoms with Crippen molar-refractivity contribution in [2.75, 3.05) is 10.6 Å². The Hall–Kier alpha value is -2.07. The van der Waals surface area contributed by atoms with Crippen LogP contribution in [-0.2, 0) is 4.79 Å². The van der Waals surface area contributed by atoms with Crippen molar-refractivity contribution in [2.45, 2.75) is 26.8 Å². The summed E-state index contributed by atoms with van der Waals surface area (Å²) in [5, 5.41) is 6.00. The van der Waals surface area contributed by atoms with Gasteiger partial charge in [0.25, 0.3) is 0 Å².